The number of hydrogen-bond donors (Lipinski definition) is 1. The Bertz CT molecular complexity index is 622. The van der Waals surface area contributed by atoms with Gasteiger partial charge in [-0.05, 0) is 12.1 Å². The number of carbonyl (C=O) groups excluding carboxylic acids is 1. The summed E-state index contributed by atoms with van der Waals surface area (Å²) in [6.07, 6.45) is 1.36. The standard InChI is InChI=1S/C15H14F2N2O2/c1-9(2)15(20)19-14-4-3-12(8-18-14)21-13-6-10(16)5-11(17)7-13/h3-9H,1-2H3,(H,18,19,20). The quantitative estimate of drug-likeness (QED) is 0.933. The number of hydrogen-bond acceptors (Lipinski definition) is 3. The number of nitrogens with zero attached hydrogens (tertiary/aromatic N) is 1. The van der Waals surface area contributed by atoms with Crippen molar-refractivity contribution in [2.24, 2.45) is 5.92 Å². The summed E-state index contributed by atoms with van der Waals surface area (Å²) in [7, 11) is 0. The maximum absolute atomic E-state index is 13.0. The lowest BCUT2D eigenvalue weighted by Crippen LogP contribution is -2.18. The van der Waals surface area contributed by atoms with Crippen LogP contribution in [0.2, 0.25) is 0 Å². The number of halogens is 2. The van der Waals surface area contributed by atoms with E-state index in [4.69, 9.17) is 4.74 Å². The number of carbonyl (C=O) groups is 1. The summed E-state index contributed by atoms with van der Waals surface area (Å²) >= 11 is 0. The summed E-state index contributed by atoms with van der Waals surface area (Å²) < 4.78 is 31.4. The first-order valence-electron chi connectivity index (χ1n) is 6.35. The molecule has 0 saturated carbocycles. The lowest BCUT2D eigenvalue weighted by molar-refractivity contribution is -0.118. The fourth-order valence-electron chi connectivity index (χ4n) is 1.51. The van der Waals surface area contributed by atoms with Crippen LogP contribution in [-0.4, -0.2) is 10.9 Å². The van der Waals surface area contributed by atoms with Crippen molar-refractivity contribution in [1.29, 1.82) is 0 Å². The van der Waals surface area contributed by atoms with Crippen LogP contribution in [0.15, 0.2) is 36.5 Å². The van der Waals surface area contributed by atoms with Crippen molar-refractivity contribution in [3.05, 3.63) is 48.2 Å². The van der Waals surface area contributed by atoms with E-state index >= 15 is 0 Å². The molecule has 0 atom stereocenters. The average Bonchev–Trinajstić information content (AvgIpc) is 2.39. The van der Waals surface area contributed by atoms with Gasteiger partial charge >= 0.3 is 0 Å². The molecule has 0 radical (unpaired) electrons. The monoisotopic (exact) mass is 292 g/mol. The number of benzene rings is 1. The van der Waals surface area contributed by atoms with Gasteiger partial charge in [0.2, 0.25) is 5.91 Å². The zero-order valence-corrected chi connectivity index (χ0v) is 11.6. The van der Waals surface area contributed by atoms with E-state index in [2.05, 4.69) is 10.3 Å². The third kappa shape index (κ3) is 4.24. The van der Waals surface area contributed by atoms with Crippen molar-refractivity contribution >= 4 is 11.7 Å². The first-order valence-corrected chi connectivity index (χ1v) is 6.35. The van der Waals surface area contributed by atoms with Gasteiger partial charge in [-0.3, -0.25) is 4.79 Å². The van der Waals surface area contributed by atoms with Crippen LogP contribution in [0.3, 0.4) is 0 Å². The summed E-state index contributed by atoms with van der Waals surface area (Å²) in [5, 5.41) is 2.63. The SMILES string of the molecule is CC(C)C(=O)Nc1ccc(Oc2cc(F)cc(F)c2)cn1. The smallest absolute Gasteiger partial charge is 0.228 e. The summed E-state index contributed by atoms with van der Waals surface area (Å²) in [5.74, 6) is -1.03. The minimum Gasteiger partial charge on any atom is -0.456 e. The minimum absolute atomic E-state index is 0.0354. The minimum atomic E-state index is -0.723. The average molecular weight is 292 g/mol. The Morgan fingerprint density at radius 2 is 1.81 bits per heavy atom. The normalized spacial score (nSPS) is 10.5. The zero-order chi connectivity index (χ0) is 15.4. The maximum Gasteiger partial charge on any atom is 0.228 e. The molecule has 2 rings (SSSR count). The van der Waals surface area contributed by atoms with Crippen molar-refractivity contribution in [2.45, 2.75) is 13.8 Å². The fraction of sp³-hybridized carbons (Fsp3) is 0.200. The van der Waals surface area contributed by atoms with E-state index in [0.717, 1.165) is 18.2 Å². The third-order valence-corrected chi connectivity index (χ3v) is 2.58. The highest BCUT2D eigenvalue weighted by Crippen LogP contribution is 2.23. The Morgan fingerprint density at radius 1 is 1.14 bits per heavy atom. The molecule has 0 fully saturated rings. The Morgan fingerprint density at radius 3 is 2.33 bits per heavy atom. The number of anilines is 1. The number of rotatable bonds is 4. The third-order valence-electron chi connectivity index (χ3n) is 2.58. The summed E-state index contributed by atoms with van der Waals surface area (Å²) in [4.78, 5) is 15.5. The number of ether oxygens (including phenoxy) is 1. The van der Waals surface area contributed by atoms with Crippen molar-refractivity contribution in [3.63, 3.8) is 0 Å². The molecule has 0 unspecified atom stereocenters. The van der Waals surface area contributed by atoms with Crippen LogP contribution < -0.4 is 10.1 Å². The molecule has 1 heterocycles. The Balaban J connectivity index is 2.07. The van der Waals surface area contributed by atoms with Gasteiger partial charge in [-0.15, -0.1) is 0 Å². The van der Waals surface area contributed by atoms with Gasteiger partial charge in [0.1, 0.15) is 29.0 Å². The van der Waals surface area contributed by atoms with E-state index in [-0.39, 0.29) is 17.6 Å². The number of aromatic nitrogens is 1. The van der Waals surface area contributed by atoms with Crippen LogP contribution in [0, 0.1) is 17.6 Å². The Hall–Kier alpha value is -2.50. The van der Waals surface area contributed by atoms with E-state index in [1.165, 1.54) is 6.20 Å². The topological polar surface area (TPSA) is 51.2 Å². The van der Waals surface area contributed by atoms with Crippen molar-refractivity contribution < 1.29 is 18.3 Å². The molecule has 0 aliphatic rings. The van der Waals surface area contributed by atoms with Crippen LogP contribution in [0.5, 0.6) is 11.5 Å². The van der Waals surface area contributed by atoms with Gasteiger partial charge in [0.15, 0.2) is 0 Å². The largest absolute Gasteiger partial charge is 0.456 e. The Labute approximate surface area is 120 Å². The van der Waals surface area contributed by atoms with Crippen LogP contribution in [-0.2, 0) is 4.79 Å². The lowest BCUT2D eigenvalue weighted by atomic mass is 10.2. The molecular weight excluding hydrogens is 278 g/mol. The molecule has 1 N–H and O–H groups in total. The molecule has 2 aromatic rings. The van der Waals surface area contributed by atoms with Gasteiger partial charge in [0.05, 0.1) is 6.20 Å². The maximum atomic E-state index is 13.0. The lowest BCUT2D eigenvalue weighted by Gasteiger charge is -2.08. The molecule has 0 aliphatic carbocycles. The van der Waals surface area contributed by atoms with Gasteiger partial charge in [-0.25, -0.2) is 13.8 Å². The van der Waals surface area contributed by atoms with Crippen LogP contribution in [0.1, 0.15) is 13.8 Å². The first-order chi connectivity index (χ1) is 9.94. The van der Waals surface area contributed by atoms with Gasteiger partial charge < -0.3 is 10.1 Å². The second-order valence-electron chi connectivity index (χ2n) is 4.73. The predicted molar refractivity (Wildman–Crippen MR) is 74.1 cm³/mol. The molecule has 1 aromatic carbocycles. The molecular formula is C15H14F2N2O2. The second kappa shape index (κ2) is 6.30. The van der Waals surface area contributed by atoms with Gasteiger partial charge in [0, 0.05) is 24.1 Å². The Kier molecular flexibility index (Phi) is 4.47. The van der Waals surface area contributed by atoms with Crippen LogP contribution in [0.4, 0.5) is 14.6 Å². The fourth-order valence-corrected chi connectivity index (χ4v) is 1.51. The molecule has 1 aromatic heterocycles. The summed E-state index contributed by atoms with van der Waals surface area (Å²) in [6, 6.07) is 5.99. The van der Waals surface area contributed by atoms with E-state index < -0.39 is 11.6 Å². The highest BCUT2D eigenvalue weighted by molar-refractivity contribution is 5.91. The summed E-state index contributed by atoms with van der Waals surface area (Å²) in [6.45, 7) is 3.54. The summed E-state index contributed by atoms with van der Waals surface area (Å²) in [5.41, 5.74) is 0. The molecule has 0 aliphatic heterocycles. The molecule has 1 amide bonds. The predicted octanol–water partition coefficient (Wildman–Crippen LogP) is 3.75. The number of nitrogens with one attached hydrogen (secondary N) is 1. The first kappa shape index (κ1) is 14.9. The van der Waals surface area contributed by atoms with Gasteiger partial charge in [0.25, 0.3) is 0 Å². The van der Waals surface area contributed by atoms with Gasteiger partial charge in [-0.2, -0.15) is 0 Å². The van der Waals surface area contributed by atoms with Crippen LogP contribution in [0.25, 0.3) is 0 Å². The highest BCUT2D eigenvalue weighted by atomic mass is 19.1. The molecule has 0 spiro atoms. The molecule has 0 saturated heterocycles. The molecule has 0 bridgehead atoms. The van der Waals surface area contributed by atoms with Crippen molar-refractivity contribution in [3.8, 4) is 11.5 Å². The van der Waals surface area contributed by atoms with E-state index in [1.807, 2.05) is 0 Å². The van der Waals surface area contributed by atoms with E-state index in [1.54, 1.807) is 26.0 Å². The van der Waals surface area contributed by atoms with E-state index in [9.17, 15) is 13.6 Å². The van der Waals surface area contributed by atoms with Crippen LogP contribution >= 0.6 is 0 Å². The molecule has 6 heteroatoms. The molecule has 21 heavy (non-hydrogen) atoms. The highest BCUT2D eigenvalue weighted by Gasteiger charge is 2.08. The second-order valence-corrected chi connectivity index (χ2v) is 4.73. The van der Waals surface area contributed by atoms with Crippen molar-refractivity contribution in [1.82, 2.24) is 4.98 Å². The molecule has 4 nitrogen and oxygen atoms in total. The molecule has 110 valence electrons. The van der Waals surface area contributed by atoms with Gasteiger partial charge in [-0.1, -0.05) is 13.8 Å². The number of pyridine rings is 1. The van der Waals surface area contributed by atoms with E-state index in [0.29, 0.717) is 11.6 Å². The van der Waals surface area contributed by atoms with Crippen molar-refractivity contribution in [2.75, 3.05) is 5.32 Å². The number of amides is 1. The zero-order valence-electron chi connectivity index (χ0n) is 11.6.